The molecule has 0 bridgehead atoms. The summed E-state index contributed by atoms with van der Waals surface area (Å²) in [5, 5.41) is 27.0. The summed E-state index contributed by atoms with van der Waals surface area (Å²) in [6, 6.07) is -3.40. The van der Waals surface area contributed by atoms with Crippen molar-refractivity contribution in [3.8, 4) is 0 Å². The molecule has 0 aliphatic carbocycles. The van der Waals surface area contributed by atoms with Gasteiger partial charge in [-0.2, -0.15) is 0 Å². The number of nitrogens with two attached hydrogens (primary N) is 3. The Kier molecular flexibility index (Phi) is 15.0. The topological polar surface area (TPSA) is 238 Å². The van der Waals surface area contributed by atoms with E-state index in [1.807, 2.05) is 13.8 Å². The van der Waals surface area contributed by atoms with Crippen molar-refractivity contribution >= 4 is 36.7 Å². The maximum atomic E-state index is 14.1. The van der Waals surface area contributed by atoms with Gasteiger partial charge >= 0.3 is 7.12 Å². The lowest BCUT2D eigenvalue weighted by atomic mass is 9.77. The zero-order chi connectivity index (χ0) is 31.3. The molecule has 17 heteroatoms. The van der Waals surface area contributed by atoms with Gasteiger partial charge in [0, 0.05) is 19.9 Å². The Balaban J connectivity index is 3.18. The first-order valence-corrected chi connectivity index (χ1v) is 13.8. The molecule has 1 aliphatic rings. The second kappa shape index (κ2) is 17.0. The van der Waals surface area contributed by atoms with Crippen LogP contribution in [-0.2, 0) is 19.2 Å². The molecule has 1 heterocycles. The standard InChI is InChI=1S/C24H45BF2N8O6/c1-14(2)11-18(34-20(37)16(32-15(3)36)7-4-5-9-28)21(38)33-17(8-6-10-31-23(29)30)22(39)35-13-24(26,27)12-19(35)25(40)41/h14,16-19,40-41H,4-13,28H2,1-3H3,(H,32,36)(H,33,38)(H,34,37)(H4,29,30,31)/t16-,17-,18-,19?/m0/s1. The number of likely N-dealkylation sites (tertiary alicyclic amines) is 1. The van der Waals surface area contributed by atoms with Crippen LogP contribution in [0.2, 0.25) is 0 Å². The summed E-state index contributed by atoms with van der Waals surface area (Å²) in [6.07, 6.45) is 0.806. The van der Waals surface area contributed by atoms with Crippen molar-refractivity contribution in [3.05, 3.63) is 0 Å². The molecule has 1 unspecified atom stereocenters. The van der Waals surface area contributed by atoms with Crippen LogP contribution < -0.4 is 33.2 Å². The summed E-state index contributed by atoms with van der Waals surface area (Å²) in [5.41, 5.74) is 16.2. The monoisotopic (exact) mass is 590 g/mol. The number of rotatable bonds is 17. The number of unbranched alkanes of at least 4 members (excludes halogenated alkanes) is 1. The van der Waals surface area contributed by atoms with E-state index in [9.17, 15) is 38.0 Å². The van der Waals surface area contributed by atoms with Crippen LogP contribution in [0.25, 0.3) is 0 Å². The largest absolute Gasteiger partial charge is 0.475 e. The van der Waals surface area contributed by atoms with E-state index in [-0.39, 0.29) is 37.7 Å². The predicted octanol–water partition coefficient (Wildman–Crippen LogP) is -2.06. The maximum absolute atomic E-state index is 14.1. The van der Waals surface area contributed by atoms with Gasteiger partial charge in [-0.25, -0.2) is 8.78 Å². The minimum Gasteiger partial charge on any atom is -0.426 e. The second-order valence-corrected chi connectivity index (χ2v) is 10.7. The Bertz CT molecular complexity index is 923. The third-order valence-corrected chi connectivity index (χ3v) is 6.48. The molecule has 0 aromatic heterocycles. The van der Waals surface area contributed by atoms with Crippen LogP contribution in [-0.4, -0.2) is 101 Å². The molecule has 0 aromatic carbocycles. The Morgan fingerprint density at radius 2 is 1.59 bits per heavy atom. The van der Waals surface area contributed by atoms with E-state index >= 15 is 0 Å². The van der Waals surface area contributed by atoms with Gasteiger partial charge in [0.15, 0.2) is 5.96 Å². The van der Waals surface area contributed by atoms with Crippen molar-refractivity contribution < 1.29 is 38.0 Å². The van der Waals surface area contributed by atoms with Gasteiger partial charge in [-0.05, 0) is 51.0 Å². The minimum absolute atomic E-state index is 0.0619. The van der Waals surface area contributed by atoms with E-state index in [4.69, 9.17) is 17.2 Å². The molecule has 1 rings (SSSR count). The van der Waals surface area contributed by atoms with Gasteiger partial charge in [-0.15, -0.1) is 0 Å². The number of aliphatic imine (C=N–C) groups is 1. The van der Waals surface area contributed by atoms with Crippen molar-refractivity contribution in [2.45, 2.75) is 95.7 Å². The molecule has 0 radical (unpaired) electrons. The van der Waals surface area contributed by atoms with Crippen LogP contribution in [0.3, 0.4) is 0 Å². The molecule has 1 aliphatic heterocycles. The Labute approximate surface area is 239 Å². The zero-order valence-electron chi connectivity index (χ0n) is 23.9. The lowest BCUT2D eigenvalue weighted by molar-refractivity contribution is -0.139. The van der Waals surface area contributed by atoms with Crippen molar-refractivity contribution in [1.82, 2.24) is 20.9 Å². The van der Waals surface area contributed by atoms with E-state index < -0.39 is 73.7 Å². The maximum Gasteiger partial charge on any atom is 0.475 e. The number of alkyl halides is 2. The summed E-state index contributed by atoms with van der Waals surface area (Å²) in [7, 11) is -2.22. The molecule has 41 heavy (non-hydrogen) atoms. The molecule has 0 saturated carbocycles. The van der Waals surface area contributed by atoms with Crippen LogP contribution in [0, 0.1) is 5.92 Å². The zero-order valence-corrected chi connectivity index (χ0v) is 23.9. The third-order valence-electron chi connectivity index (χ3n) is 6.48. The van der Waals surface area contributed by atoms with Crippen LogP contribution in [0.15, 0.2) is 4.99 Å². The number of carbonyl (C=O) groups is 4. The minimum atomic E-state index is -3.35. The lowest BCUT2D eigenvalue weighted by Crippen LogP contribution is -2.58. The van der Waals surface area contributed by atoms with Crippen molar-refractivity contribution in [2.75, 3.05) is 19.6 Å². The SMILES string of the molecule is CC(=O)N[C@@H](CCCCN)C(=O)N[C@@H](CC(C)C)C(=O)N[C@@H](CCCN=C(N)N)C(=O)N1CC(F)(F)CC1B(O)O. The lowest BCUT2D eigenvalue weighted by Gasteiger charge is -2.30. The molecular formula is C24H45BF2N8O6. The summed E-state index contributed by atoms with van der Waals surface area (Å²) < 4.78 is 28.3. The average molecular weight is 590 g/mol. The second-order valence-electron chi connectivity index (χ2n) is 10.7. The number of nitrogens with one attached hydrogen (secondary N) is 3. The summed E-state index contributed by atoms with van der Waals surface area (Å²) in [5.74, 6) is -7.92. The van der Waals surface area contributed by atoms with Gasteiger partial charge in [0.2, 0.25) is 23.6 Å². The third kappa shape index (κ3) is 13.0. The molecule has 234 valence electrons. The number of hydrogen-bond donors (Lipinski definition) is 8. The quantitative estimate of drug-likeness (QED) is 0.0402. The van der Waals surface area contributed by atoms with Gasteiger partial charge in [0.25, 0.3) is 5.92 Å². The van der Waals surface area contributed by atoms with Gasteiger partial charge < -0.3 is 48.1 Å². The van der Waals surface area contributed by atoms with Crippen LogP contribution in [0.4, 0.5) is 8.78 Å². The first-order valence-electron chi connectivity index (χ1n) is 13.8. The smallest absolute Gasteiger partial charge is 0.426 e. The molecule has 4 amide bonds. The Hall–Kier alpha value is -3.05. The highest BCUT2D eigenvalue weighted by Gasteiger charge is 2.52. The van der Waals surface area contributed by atoms with Crippen molar-refractivity contribution in [2.24, 2.45) is 28.1 Å². The van der Waals surface area contributed by atoms with Crippen molar-refractivity contribution in [1.29, 1.82) is 0 Å². The number of halogens is 2. The molecular weight excluding hydrogens is 545 g/mol. The van der Waals surface area contributed by atoms with Crippen LogP contribution in [0.5, 0.6) is 0 Å². The predicted molar refractivity (Wildman–Crippen MR) is 149 cm³/mol. The molecule has 0 aromatic rings. The fourth-order valence-electron chi connectivity index (χ4n) is 4.57. The normalized spacial score (nSPS) is 18.3. The summed E-state index contributed by atoms with van der Waals surface area (Å²) in [6.45, 7) is 4.33. The average Bonchev–Trinajstić information content (AvgIpc) is 3.19. The van der Waals surface area contributed by atoms with Gasteiger partial charge in [0.1, 0.15) is 18.1 Å². The number of carbonyl (C=O) groups excluding carboxylic acids is 4. The van der Waals surface area contributed by atoms with E-state index in [1.165, 1.54) is 6.92 Å². The van der Waals surface area contributed by atoms with Gasteiger partial charge in [-0.3, -0.25) is 24.2 Å². The number of nitrogens with zero attached hydrogens (tertiary/aromatic N) is 2. The molecule has 11 N–H and O–H groups in total. The Morgan fingerprint density at radius 3 is 2.12 bits per heavy atom. The van der Waals surface area contributed by atoms with E-state index in [1.54, 1.807) is 0 Å². The molecule has 14 nitrogen and oxygen atoms in total. The van der Waals surface area contributed by atoms with Crippen LogP contribution in [0.1, 0.15) is 65.7 Å². The highest BCUT2D eigenvalue weighted by atomic mass is 19.3. The van der Waals surface area contributed by atoms with Gasteiger partial charge in [-0.1, -0.05) is 13.8 Å². The number of guanidine groups is 1. The summed E-state index contributed by atoms with van der Waals surface area (Å²) in [4.78, 5) is 56.0. The molecule has 1 saturated heterocycles. The van der Waals surface area contributed by atoms with E-state index in [0.717, 1.165) is 0 Å². The molecule has 1 fully saturated rings. The Morgan fingerprint density at radius 1 is 1.00 bits per heavy atom. The number of amides is 4. The van der Waals surface area contributed by atoms with Gasteiger partial charge in [0.05, 0.1) is 12.5 Å². The molecule has 0 spiro atoms. The first-order chi connectivity index (χ1) is 19.1. The highest BCUT2D eigenvalue weighted by molar-refractivity contribution is 6.43. The fraction of sp³-hybridized carbons (Fsp3) is 0.792. The highest BCUT2D eigenvalue weighted by Crippen LogP contribution is 2.33. The fourth-order valence-corrected chi connectivity index (χ4v) is 4.57. The molecule has 4 atom stereocenters. The van der Waals surface area contributed by atoms with E-state index in [2.05, 4.69) is 20.9 Å². The van der Waals surface area contributed by atoms with Crippen LogP contribution >= 0.6 is 0 Å². The number of hydrogen-bond acceptors (Lipinski definition) is 8. The summed E-state index contributed by atoms with van der Waals surface area (Å²) >= 11 is 0. The van der Waals surface area contributed by atoms with Crippen molar-refractivity contribution in [3.63, 3.8) is 0 Å². The van der Waals surface area contributed by atoms with E-state index in [0.29, 0.717) is 30.7 Å². The first kappa shape index (κ1) is 36.0.